The third-order valence-electron chi connectivity index (χ3n) is 4.44. The molecule has 2 aromatic heterocycles. The smallest absolute Gasteiger partial charge is 0.253 e. The van der Waals surface area contributed by atoms with Gasteiger partial charge in [-0.1, -0.05) is 30.3 Å². The SMILES string of the molecule is Cc1nccn1CCC(NC(=O)c1ccc(=O)n(C)c1)c1ccccc1. The van der Waals surface area contributed by atoms with E-state index in [9.17, 15) is 9.59 Å². The van der Waals surface area contributed by atoms with Gasteiger partial charge < -0.3 is 14.5 Å². The van der Waals surface area contributed by atoms with Crippen molar-refractivity contribution in [3.8, 4) is 0 Å². The number of pyridine rings is 1. The second-order valence-electron chi connectivity index (χ2n) is 6.26. The fraction of sp³-hybridized carbons (Fsp3) is 0.250. The van der Waals surface area contributed by atoms with Crippen molar-refractivity contribution in [1.29, 1.82) is 0 Å². The number of aryl methyl sites for hydroxylation is 3. The van der Waals surface area contributed by atoms with Gasteiger partial charge in [0.15, 0.2) is 0 Å². The summed E-state index contributed by atoms with van der Waals surface area (Å²) >= 11 is 0. The first-order valence-corrected chi connectivity index (χ1v) is 8.55. The molecule has 0 saturated carbocycles. The second kappa shape index (κ2) is 7.82. The molecule has 0 spiro atoms. The van der Waals surface area contributed by atoms with Gasteiger partial charge in [-0.2, -0.15) is 0 Å². The third kappa shape index (κ3) is 4.08. The first-order valence-electron chi connectivity index (χ1n) is 8.55. The van der Waals surface area contributed by atoms with Gasteiger partial charge in [-0.3, -0.25) is 9.59 Å². The molecule has 26 heavy (non-hydrogen) atoms. The van der Waals surface area contributed by atoms with Gasteiger partial charge in [-0.25, -0.2) is 4.98 Å². The minimum Gasteiger partial charge on any atom is -0.345 e. The predicted octanol–water partition coefficient (Wildman–Crippen LogP) is 2.45. The maximum atomic E-state index is 12.7. The molecule has 1 unspecified atom stereocenters. The Kier molecular flexibility index (Phi) is 5.31. The summed E-state index contributed by atoms with van der Waals surface area (Å²) in [6, 6.07) is 12.7. The van der Waals surface area contributed by atoms with Crippen LogP contribution < -0.4 is 10.9 Å². The molecular formula is C20H22N4O2. The molecule has 3 aromatic rings. The molecule has 2 heterocycles. The lowest BCUT2D eigenvalue weighted by Crippen LogP contribution is -2.30. The van der Waals surface area contributed by atoms with Crippen molar-refractivity contribution in [1.82, 2.24) is 19.4 Å². The highest BCUT2D eigenvalue weighted by Gasteiger charge is 2.16. The van der Waals surface area contributed by atoms with Gasteiger partial charge in [0.2, 0.25) is 5.56 Å². The van der Waals surface area contributed by atoms with Gasteiger partial charge in [0.1, 0.15) is 5.82 Å². The van der Waals surface area contributed by atoms with Crippen LogP contribution in [0.2, 0.25) is 0 Å². The standard InChI is InChI=1S/C20H22N4O2/c1-15-21-11-13-24(15)12-10-18(16-6-4-3-5-7-16)22-20(26)17-8-9-19(25)23(2)14-17/h3-9,11,13-14,18H,10,12H2,1-2H3,(H,22,26). The topological polar surface area (TPSA) is 68.9 Å². The molecule has 1 amide bonds. The average Bonchev–Trinajstić information content (AvgIpc) is 3.06. The Hall–Kier alpha value is -3.15. The number of hydrogen-bond donors (Lipinski definition) is 1. The van der Waals surface area contributed by atoms with Crippen molar-refractivity contribution >= 4 is 5.91 Å². The van der Waals surface area contributed by atoms with Crippen molar-refractivity contribution in [3.05, 3.63) is 88.4 Å². The number of aromatic nitrogens is 3. The maximum absolute atomic E-state index is 12.7. The van der Waals surface area contributed by atoms with Gasteiger partial charge >= 0.3 is 0 Å². The molecule has 0 aliphatic carbocycles. The van der Waals surface area contributed by atoms with Crippen LogP contribution in [0.4, 0.5) is 0 Å². The highest BCUT2D eigenvalue weighted by Crippen LogP contribution is 2.18. The molecule has 0 saturated heterocycles. The van der Waals surface area contributed by atoms with Crippen molar-refractivity contribution in [3.63, 3.8) is 0 Å². The van der Waals surface area contributed by atoms with E-state index in [1.54, 1.807) is 25.5 Å². The molecule has 134 valence electrons. The number of carbonyl (C=O) groups excluding carboxylic acids is 1. The summed E-state index contributed by atoms with van der Waals surface area (Å²) < 4.78 is 3.47. The number of nitrogens with one attached hydrogen (secondary N) is 1. The Labute approximate surface area is 152 Å². The zero-order chi connectivity index (χ0) is 18.5. The second-order valence-corrected chi connectivity index (χ2v) is 6.26. The van der Waals surface area contributed by atoms with Crippen LogP contribution in [0.15, 0.2) is 65.8 Å². The number of carbonyl (C=O) groups is 1. The zero-order valence-electron chi connectivity index (χ0n) is 14.9. The van der Waals surface area contributed by atoms with Crippen molar-refractivity contribution < 1.29 is 4.79 Å². The summed E-state index contributed by atoms with van der Waals surface area (Å²) in [7, 11) is 1.63. The molecule has 0 fully saturated rings. The number of imidazole rings is 1. The van der Waals surface area contributed by atoms with E-state index in [1.165, 1.54) is 10.6 Å². The van der Waals surface area contributed by atoms with Crippen LogP contribution in [-0.2, 0) is 13.6 Å². The molecule has 6 heteroatoms. The molecule has 0 aliphatic rings. The molecule has 0 aliphatic heterocycles. The predicted molar refractivity (Wildman–Crippen MR) is 99.9 cm³/mol. The summed E-state index contributed by atoms with van der Waals surface area (Å²) in [5.74, 6) is 0.748. The monoisotopic (exact) mass is 350 g/mol. The molecule has 6 nitrogen and oxygen atoms in total. The fourth-order valence-corrected chi connectivity index (χ4v) is 2.89. The summed E-state index contributed by atoms with van der Waals surface area (Å²) in [4.78, 5) is 28.4. The Balaban J connectivity index is 1.78. The minimum absolute atomic E-state index is 0.136. The molecule has 1 aromatic carbocycles. The third-order valence-corrected chi connectivity index (χ3v) is 4.44. The highest BCUT2D eigenvalue weighted by molar-refractivity contribution is 5.94. The Morgan fingerprint density at radius 2 is 1.96 bits per heavy atom. The molecule has 1 N–H and O–H groups in total. The summed E-state index contributed by atoms with van der Waals surface area (Å²) in [5, 5.41) is 3.09. The Morgan fingerprint density at radius 1 is 1.19 bits per heavy atom. The van der Waals surface area contributed by atoms with E-state index in [-0.39, 0.29) is 17.5 Å². The first kappa shape index (κ1) is 17.7. The van der Waals surface area contributed by atoms with Gasteiger partial charge in [0.05, 0.1) is 11.6 Å². The lowest BCUT2D eigenvalue weighted by Gasteiger charge is -2.20. The summed E-state index contributed by atoms with van der Waals surface area (Å²) in [6.45, 7) is 2.71. The van der Waals surface area contributed by atoms with Gasteiger partial charge in [0, 0.05) is 38.2 Å². The molecule has 1 atom stereocenters. The number of amides is 1. The minimum atomic E-state index is -0.197. The Morgan fingerprint density at radius 3 is 2.62 bits per heavy atom. The molecule has 0 radical (unpaired) electrons. The van der Waals surface area contributed by atoms with Crippen molar-refractivity contribution in [2.45, 2.75) is 25.9 Å². The van der Waals surface area contributed by atoms with E-state index < -0.39 is 0 Å². The van der Waals surface area contributed by atoms with Crippen LogP contribution >= 0.6 is 0 Å². The normalized spacial score (nSPS) is 11.9. The number of rotatable bonds is 6. The van der Waals surface area contributed by atoms with Gasteiger partial charge in [-0.05, 0) is 25.0 Å². The quantitative estimate of drug-likeness (QED) is 0.742. The number of benzene rings is 1. The average molecular weight is 350 g/mol. The van der Waals surface area contributed by atoms with Crippen LogP contribution in [-0.4, -0.2) is 20.0 Å². The lowest BCUT2D eigenvalue weighted by atomic mass is 10.0. The van der Waals surface area contributed by atoms with E-state index in [1.807, 2.05) is 43.5 Å². The van der Waals surface area contributed by atoms with Gasteiger partial charge in [-0.15, -0.1) is 0 Å². The van der Waals surface area contributed by atoms with Crippen LogP contribution in [0, 0.1) is 6.92 Å². The number of nitrogens with zero attached hydrogens (tertiary/aromatic N) is 3. The Bertz CT molecular complexity index is 944. The van der Waals surface area contributed by atoms with E-state index in [0.717, 1.165) is 24.4 Å². The maximum Gasteiger partial charge on any atom is 0.253 e. The van der Waals surface area contributed by atoms with E-state index in [0.29, 0.717) is 5.56 Å². The van der Waals surface area contributed by atoms with Gasteiger partial charge in [0.25, 0.3) is 5.91 Å². The van der Waals surface area contributed by atoms with Crippen LogP contribution in [0.3, 0.4) is 0 Å². The zero-order valence-corrected chi connectivity index (χ0v) is 14.9. The van der Waals surface area contributed by atoms with Crippen LogP contribution in [0.1, 0.15) is 34.2 Å². The van der Waals surface area contributed by atoms with Crippen LogP contribution in [0.25, 0.3) is 0 Å². The van der Waals surface area contributed by atoms with E-state index in [2.05, 4.69) is 14.9 Å². The van der Waals surface area contributed by atoms with Crippen LogP contribution in [0.5, 0.6) is 0 Å². The number of hydrogen-bond acceptors (Lipinski definition) is 3. The molecule has 0 bridgehead atoms. The van der Waals surface area contributed by atoms with E-state index in [4.69, 9.17) is 0 Å². The molecule has 3 rings (SSSR count). The van der Waals surface area contributed by atoms with Crippen molar-refractivity contribution in [2.24, 2.45) is 7.05 Å². The van der Waals surface area contributed by atoms with Crippen molar-refractivity contribution in [2.75, 3.05) is 0 Å². The van der Waals surface area contributed by atoms with E-state index >= 15 is 0 Å². The summed E-state index contributed by atoms with van der Waals surface area (Å²) in [6.07, 6.45) is 6.00. The largest absolute Gasteiger partial charge is 0.345 e. The lowest BCUT2D eigenvalue weighted by molar-refractivity contribution is 0.0932. The summed E-state index contributed by atoms with van der Waals surface area (Å²) in [5.41, 5.74) is 1.37. The molecular weight excluding hydrogens is 328 g/mol. The first-order chi connectivity index (χ1) is 12.5. The fourth-order valence-electron chi connectivity index (χ4n) is 2.89. The highest BCUT2D eigenvalue weighted by atomic mass is 16.2.